The molecule has 1 N–H and O–H groups in total. The van der Waals surface area contributed by atoms with E-state index in [1.807, 2.05) is 0 Å². The Balaban J connectivity index is 2.01. The molecule has 2 rings (SSSR count). The summed E-state index contributed by atoms with van der Waals surface area (Å²) in [6.45, 7) is 2.71. The van der Waals surface area contributed by atoms with E-state index in [-0.39, 0.29) is 17.9 Å². The normalized spacial score (nSPS) is 10.6. The first-order valence-electron chi connectivity index (χ1n) is 6.52. The molecule has 0 bridgehead atoms. The minimum atomic E-state index is -0.626. The lowest BCUT2D eigenvalue weighted by molar-refractivity contribution is 0.0453. The number of tetrazole rings is 1. The maximum Gasteiger partial charge on any atom is 0.342 e. The first-order valence-corrected chi connectivity index (χ1v) is 7.31. The van der Waals surface area contributed by atoms with E-state index in [9.17, 15) is 9.90 Å². The highest BCUT2D eigenvalue weighted by Crippen LogP contribution is 2.22. The second-order valence-electron chi connectivity index (χ2n) is 4.41. The Bertz CT molecular complexity index is 630. The highest BCUT2D eigenvalue weighted by Gasteiger charge is 2.15. The van der Waals surface area contributed by atoms with Gasteiger partial charge in [-0.3, -0.25) is 0 Å². The summed E-state index contributed by atoms with van der Waals surface area (Å²) in [6, 6.07) is 4.56. The summed E-state index contributed by atoms with van der Waals surface area (Å²) in [5.41, 5.74) is 0.0944. The third-order valence-electron chi connectivity index (χ3n) is 2.84. The smallest absolute Gasteiger partial charge is 0.342 e. The number of carbonyl (C=O) groups excluding carboxylic acids is 1. The predicted molar refractivity (Wildman–Crippen MR) is 77.7 cm³/mol. The van der Waals surface area contributed by atoms with Crippen LogP contribution in [-0.2, 0) is 17.9 Å². The van der Waals surface area contributed by atoms with Crippen molar-refractivity contribution in [2.75, 3.05) is 0 Å². The Morgan fingerprint density at radius 2 is 2.29 bits per heavy atom. The molecule has 1 heterocycles. The van der Waals surface area contributed by atoms with Gasteiger partial charge in [0.05, 0.1) is 0 Å². The lowest BCUT2D eigenvalue weighted by Crippen LogP contribution is -2.11. The van der Waals surface area contributed by atoms with E-state index in [0.717, 1.165) is 12.8 Å². The third-order valence-corrected chi connectivity index (χ3v) is 3.33. The van der Waals surface area contributed by atoms with E-state index in [1.54, 1.807) is 10.7 Å². The fourth-order valence-electron chi connectivity index (χ4n) is 1.69. The fourth-order valence-corrected chi connectivity index (χ4v) is 2.05. The van der Waals surface area contributed by atoms with Crippen LogP contribution in [0.15, 0.2) is 22.7 Å². The van der Waals surface area contributed by atoms with Crippen LogP contribution in [0.5, 0.6) is 5.75 Å². The van der Waals surface area contributed by atoms with E-state index in [1.165, 1.54) is 12.1 Å². The lowest BCUT2D eigenvalue weighted by Gasteiger charge is -2.07. The molecule has 0 atom stereocenters. The van der Waals surface area contributed by atoms with Crippen LogP contribution in [0.25, 0.3) is 0 Å². The van der Waals surface area contributed by atoms with Crippen LogP contribution in [0.3, 0.4) is 0 Å². The van der Waals surface area contributed by atoms with Gasteiger partial charge in [0, 0.05) is 11.0 Å². The van der Waals surface area contributed by atoms with Gasteiger partial charge in [0.1, 0.15) is 11.3 Å². The molecule has 1 aromatic heterocycles. The number of aryl methyl sites for hydroxylation is 1. The van der Waals surface area contributed by atoms with Gasteiger partial charge < -0.3 is 9.84 Å². The Kier molecular flexibility index (Phi) is 5.26. The summed E-state index contributed by atoms with van der Waals surface area (Å²) in [5, 5.41) is 20.9. The Labute approximate surface area is 130 Å². The molecule has 1 aromatic carbocycles. The molecule has 21 heavy (non-hydrogen) atoms. The van der Waals surface area contributed by atoms with Crippen LogP contribution in [0.1, 0.15) is 35.9 Å². The molecule has 2 aromatic rings. The van der Waals surface area contributed by atoms with Crippen molar-refractivity contribution < 1.29 is 14.6 Å². The van der Waals surface area contributed by atoms with Crippen molar-refractivity contribution >= 4 is 21.9 Å². The average molecular weight is 355 g/mol. The number of hydrogen-bond acceptors (Lipinski definition) is 6. The topological polar surface area (TPSA) is 90.1 Å². The number of carbonyl (C=O) groups is 1. The summed E-state index contributed by atoms with van der Waals surface area (Å²) in [6.07, 6.45) is 1.96. The number of phenolic OH excluding ortho intramolecular Hbond substituents is 1. The third kappa shape index (κ3) is 4.01. The molecular weight excluding hydrogens is 340 g/mol. The predicted octanol–water partition coefficient (Wildman–Crippen LogP) is 2.30. The van der Waals surface area contributed by atoms with Gasteiger partial charge in [-0.15, -0.1) is 5.10 Å². The first-order chi connectivity index (χ1) is 10.1. The number of aromatic nitrogens is 4. The number of unbranched alkanes of at least 4 members (excludes halogenated alkanes) is 1. The van der Waals surface area contributed by atoms with Crippen molar-refractivity contribution in [2.45, 2.75) is 32.9 Å². The summed E-state index contributed by atoms with van der Waals surface area (Å²) in [5.74, 6) is -0.279. The van der Waals surface area contributed by atoms with Crippen molar-refractivity contribution in [1.29, 1.82) is 0 Å². The van der Waals surface area contributed by atoms with Crippen molar-refractivity contribution in [3.05, 3.63) is 34.1 Å². The highest BCUT2D eigenvalue weighted by molar-refractivity contribution is 9.10. The van der Waals surface area contributed by atoms with Crippen molar-refractivity contribution in [3.8, 4) is 5.75 Å². The average Bonchev–Trinajstić information content (AvgIpc) is 2.92. The maximum atomic E-state index is 12.0. The van der Waals surface area contributed by atoms with E-state index in [4.69, 9.17) is 4.74 Å². The van der Waals surface area contributed by atoms with Crippen LogP contribution < -0.4 is 0 Å². The molecule has 7 nitrogen and oxygen atoms in total. The number of nitrogens with zero attached hydrogens (tertiary/aromatic N) is 4. The number of hydrogen-bond donors (Lipinski definition) is 1. The molecule has 0 aliphatic carbocycles. The summed E-state index contributed by atoms with van der Waals surface area (Å²) < 4.78 is 7.44. The maximum absolute atomic E-state index is 12.0. The van der Waals surface area contributed by atoms with Gasteiger partial charge >= 0.3 is 5.97 Å². The summed E-state index contributed by atoms with van der Waals surface area (Å²) in [4.78, 5) is 12.0. The molecule has 0 fully saturated rings. The Hall–Kier alpha value is -1.96. The molecule has 0 unspecified atom stereocenters. The number of esters is 1. The van der Waals surface area contributed by atoms with Gasteiger partial charge in [0.15, 0.2) is 12.4 Å². The number of benzene rings is 1. The zero-order chi connectivity index (χ0) is 15.2. The number of aromatic hydroxyl groups is 1. The molecule has 0 radical (unpaired) electrons. The van der Waals surface area contributed by atoms with Gasteiger partial charge in [-0.1, -0.05) is 29.3 Å². The van der Waals surface area contributed by atoms with Crippen molar-refractivity contribution in [2.24, 2.45) is 0 Å². The van der Waals surface area contributed by atoms with E-state index < -0.39 is 5.97 Å². The number of rotatable bonds is 6. The SMILES string of the molecule is CCCCn1nnnc1COC(=O)c1cc(Br)ccc1O. The zero-order valence-corrected chi connectivity index (χ0v) is 13.1. The van der Waals surface area contributed by atoms with E-state index in [0.29, 0.717) is 16.8 Å². The zero-order valence-electron chi connectivity index (χ0n) is 11.5. The molecule has 112 valence electrons. The molecule has 0 saturated heterocycles. The van der Waals surface area contributed by atoms with Crippen molar-refractivity contribution in [1.82, 2.24) is 20.2 Å². The van der Waals surface area contributed by atoms with Crippen LogP contribution in [0, 0.1) is 0 Å². The Morgan fingerprint density at radius 3 is 3.05 bits per heavy atom. The second kappa shape index (κ2) is 7.16. The van der Waals surface area contributed by atoms with Crippen LogP contribution in [-0.4, -0.2) is 31.3 Å². The second-order valence-corrected chi connectivity index (χ2v) is 5.33. The van der Waals surface area contributed by atoms with Gasteiger partial charge in [0.25, 0.3) is 0 Å². The van der Waals surface area contributed by atoms with Gasteiger partial charge in [-0.2, -0.15) is 0 Å². The molecule has 8 heteroatoms. The molecular formula is C13H15BrN4O3. The van der Waals surface area contributed by atoms with Crippen molar-refractivity contribution in [3.63, 3.8) is 0 Å². The minimum absolute atomic E-state index is 0.0402. The number of phenols is 1. The number of ether oxygens (including phenoxy) is 1. The van der Waals surface area contributed by atoms with E-state index in [2.05, 4.69) is 38.4 Å². The number of halogens is 1. The van der Waals surface area contributed by atoms with E-state index >= 15 is 0 Å². The molecule has 0 aliphatic heterocycles. The monoisotopic (exact) mass is 354 g/mol. The molecule has 0 amide bonds. The minimum Gasteiger partial charge on any atom is -0.507 e. The lowest BCUT2D eigenvalue weighted by atomic mass is 10.2. The fraction of sp³-hybridized carbons (Fsp3) is 0.385. The summed E-state index contributed by atoms with van der Waals surface area (Å²) in [7, 11) is 0. The standard InChI is InChI=1S/C13H15BrN4O3/c1-2-3-6-18-12(15-16-17-18)8-21-13(20)10-7-9(14)4-5-11(10)19/h4-5,7,19H,2-3,6,8H2,1H3. The van der Waals surface area contributed by atoms with Crippen LogP contribution in [0.4, 0.5) is 0 Å². The highest BCUT2D eigenvalue weighted by atomic mass is 79.9. The summed E-state index contributed by atoms with van der Waals surface area (Å²) >= 11 is 3.24. The largest absolute Gasteiger partial charge is 0.507 e. The van der Waals surface area contributed by atoms with Crippen LogP contribution >= 0.6 is 15.9 Å². The first kappa shape index (κ1) is 15.4. The molecule has 0 aliphatic rings. The van der Waals surface area contributed by atoms with Gasteiger partial charge in [-0.25, -0.2) is 9.48 Å². The van der Waals surface area contributed by atoms with Crippen LogP contribution in [0.2, 0.25) is 0 Å². The Morgan fingerprint density at radius 1 is 1.48 bits per heavy atom. The molecule has 0 saturated carbocycles. The van der Waals surface area contributed by atoms with Gasteiger partial charge in [-0.05, 0) is 35.0 Å². The van der Waals surface area contributed by atoms with Gasteiger partial charge in [0.2, 0.25) is 0 Å². The quantitative estimate of drug-likeness (QED) is 0.800. The molecule has 0 spiro atoms.